The van der Waals surface area contributed by atoms with Crippen LogP contribution in [0.4, 0.5) is 0 Å². The molecule has 0 aliphatic carbocycles. The molecule has 0 saturated carbocycles. The molecule has 1 amide bonds. The molecular formula is C11H16N2OS. The molecule has 82 valence electrons. The normalized spacial score (nSPS) is 25.7. The fourth-order valence-electron chi connectivity index (χ4n) is 2.08. The molecule has 1 unspecified atom stereocenters. The molecule has 1 aliphatic rings. The highest BCUT2D eigenvalue weighted by atomic mass is 32.1. The Labute approximate surface area is 93.9 Å². The molecule has 1 fully saturated rings. The van der Waals surface area contributed by atoms with Crippen molar-refractivity contribution in [2.75, 3.05) is 0 Å². The Bertz CT molecular complexity index is 399. The van der Waals surface area contributed by atoms with Crippen molar-refractivity contribution in [1.29, 1.82) is 0 Å². The van der Waals surface area contributed by atoms with E-state index in [4.69, 9.17) is 0 Å². The predicted molar refractivity (Wildman–Crippen MR) is 61.1 cm³/mol. The predicted octanol–water partition coefficient (Wildman–Crippen LogP) is 1.97. The molecule has 0 spiro atoms. The third kappa shape index (κ3) is 2.20. The average molecular weight is 224 g/mol. The van der Waals surface area contributed by atoms with Crippen molar-refractivity contribution in [3.8, 4) is 0 Å². The Morgan fingerprint density at radius 1 is 1.53 bits per heavy atom. The number of aromatic nitrogens is 1. The Balaban J connectivity index is 2.15. The van der Waals surface area contributed by atoms with E-state index in [0.717, 1.165) is 23.5 Å². The maximum absolute atomic E-state index is 11.2. The number of nitrogens with one attached hydrogen (secondary N) is 1. The van der Waals surface area contributed by atoms with Crippen molar-refractivity contribution in [2.45, 2.75) is 45.6 Å². The van der Waals surface area contributed by atoms with Crippen LogP contribution < -0.4 is 5.32 Å². The van der Waals surface area contributed by atoms with E-state index in [1.807, 2.05) is 13.8 Å². The van der Waals surface area contributed by atoms with Gasteiger partial charge < -0.3 is 5.32 Å². The van der Waals surface area contributed by atoms with Crippen molar-refractivity contribution < 1.29 is 4.79 Å². The minimum atomic E-state index is -0.0547. The molecule has 1 atom stereocenters. The van der Waals surface area contributed by atoms with Gasteiger partial charge in [-0.1, -0.05) is 0 Å². The quantitative estimate of drug-likeness (QED) is 0.834. The van der Waals surface area contributed by atoms with Gasteiger partial charge >= 0.3 is 0 Å². The summed E-state index contributed by atoms with van der Waals surface area (Å²) in [4.78, 5) is 16.9. The van der Waals surface area contributed by atoms with Crippen LogP contribution in [0.25, 0.3) is 0 Å². The second kappa shape index (κ2) is 3.59. The van der Waals surface area contributed by atoms with Gasteiger partial charge in [0.25, 0.3) is 0 Å². The van der Waals surface area contributed by atoms with Crippen molar-refractivity contribution in [3.63, 3.8) is 0 Å². The minimum Gasteiger partial charge on any atom is -0.351 e. The summed E-state index contributed by atoms with van der Waals surface area (Å²) >= 11 is 1.74. The van der Waals surface area contributed by atoms with Crippen LogP contribution in [0.3, 0.4) is 0 Å². The summed E-state index contributed by atoms with van der Waals surface area (Å²) in [6.07, 6.45) is 2.51. The van der Waals surface area contributed by atoms with Crippen LogP contribution in [0.2, 0.25) is 0 Å². The lowest BCUT2D eigenvalue weighted by molar-refractivity contribution is -0.119. The van der Waals surface area contributed by atoms with Crippen LogP contribution in [-0.2, 0) is 11.2 Å². The van der Waals surface area contributed by atoms with Gasteiger partial charge in [0.2, 0.25) is 5.91 Å². The van der Waals surface area contributed by atoms with Crippen LogP contribution >= 0.6 is 11.3 Å². The molecular weight excluding hydrogens is 208 g/mol. The van der Waals surface area contributed by atoms with Crippen molar-refractivity contribution >= 4 is 17.2 Å². The van der Waals surface area contributed by atoms with Crippen molar-refractivity contribution in [2.24, 2.45) is 0 Å². The first-order chi connectivity index (χ1) is 6.98. The molecule has 2 heterocycles. The summed E-state index contributed by atoms with van der Waals surface area (Å²) in [6.45, 7) is 6.18. The van der Waals surface area contributed by atoms with Gasteiger partial charge in [-0.25, -0.2) is 4.98 Å². The monoisotopic (exact) mass is 224 g/mol. The molecule has 0 aromatic carbocycles. The maximum Gasteiger partial charge on any atom is 0.220 e. The number of amides is 1. The first-order valence-corrected chi connectivity index (χ1v) is 6.04. The van der Waals surface area contributed by atoms with E-state index in [1.165, 1.54) is 4.88 Å². The van der Waals surface area contributed by atoms with Gasteiger partial charge in [0, 0.05) is 23.3 Å². The molecule has 1 N–H and O–H groups in total. The van der Waals surface area contributed by atoms with E-state index in [2.05, 4.69) is 17.2 Å². The number of rotatable bonds is 2. The fourth-order valence-corrected chi connectivity index (χ4v) is 3.20. The summed E-state index contributed by atoms with van der Waals surface area (Å²) in [7, 11) is 0. The molecule has 1 aromatic heterocycles. The smallest absolute Gasteiger partial charge is 0.220 e. The van der Waals surface area contributed by atoms with Crippen LogP contribution in [0.1, 0.15) is 35.3 Å². The van der Waals surface area contributed by atoms with Crippen LogP contribution in [0.15, 0.2) is 0 Å². The third-order valence-corrected chi connectivity index (χ3v) is 3.97. The SMILES string of the molecule is Cc1nc(C)c(CC2(C)CCC(=O)N2)s1. The van der Waals surface area contributed by atoms with Gasteiger partial charge in [-0.3, -0.25) is 4.79 Å². The van der Waals surface area contributed by atoms with Crippen molar-refractivity contribution in [3.05, 3.63) is 15.6 Å². The summed E-state index contributed by atoms with van der Waals surface area (Å²) in [5.74, 6) is 0.177. The second-order valence-electron chi connectivity index (χ2n) is 4.53. The van der Waals surface area contributed by atoms with Gasteiger partial charge in [0.15, 0.2) is 0 Å². The highest BCUT2D eigenvalue weighted by Gasteiger charge is 2.33. The second-order valence-corrected chi connectivity index (χ2v) is 5.81. The lowest BCUT2D eigenvalue weighted by atomic mass is 9.95. The van der Waals surface area contributed by atoms with Crippen LogP contribution in [0, 0.1) is 13.8 Å². The topological polar surface area (TPSA) is 42.0 Å². The number of hydrogen-bond acceptors (Lipinski definition) is 3. The number of carbonyl (C=O) groups is 1. The Kier molecular flexibility index (Phi) is 2.54. The summed E-state index contributed by atoms with van der Waals surface area (Å²) < 4.78 is 0. The number of carbonyl (C=O) groups excluding carboxylic acids is 1. The first-order valence-electron chi connectivity index (χ1n) is 5.22. The van der Waals surface area contributed by atoms with Gasteiger partial charge in [0.1, 0.15) is 0 Å². The minimum absolute atomic E-state index is 0.0547. The van der Waals surface area contributed by atoms with E-state index < -0.39 is 0 Å². The maximum atomic E-state index is 11.2. The van der Waals surface area contributed by atoms with E-state index in [0.29, 0.717) is 6.42 Å². The van der Waals surface area contributed by atoms with Crippen LogP contribution in [0.5, 0.6) is 0 Å². The van der Waals surface area contributed by atoms with Crippen molar-refractivity contribution in [1.82, 2.24) is 10.3 Å². The Hall–Kier alpha value is -0.900. The fraction of sp³-hybridized carbons (Fsp3) is 0.636. The first kappa shape index (κ1) is 10.6. The van der Waals surface area contributed by atoms with Gasteiger partial charge in [-0.05, 0) is 27.2 Å². The zero-order valence-electron chi connectivity index (χ0n) is 9.39. The lowest BCUT2D eigenvalue weighted by Crippen LogP contribution is -2.40. The molecule has 1 aromatic rings. The summed E-state index contributed by atoms with van der Waals surface area (Å²) in [5, 5.41) is 4.16. The molecule has 15 heavy (non-hydrogen) atoms. The van der Waals surface area contributed by atoms with Crippen LogP contribution in [-0.4, -0.2) is 16.4 Å². The molecule has 0 radical (unpaired) electrons. The largest absolute Gasteiger partial charge is 0.351 e. The molecule has 1 aliphatic heterocycles. The van der Waals surface area contributed by atoms with Gasteiger partial charge in [-0.2, -0.15) is 0 Å². The van der Waals surface area contributed by atoms with Gasteiger partial charge in [-0.15, -0.1) is 11.3 Å². The Morgan fingerprint density at radius 2 is 2.27 bits per heavy atom. The number of nitrogens with zero attached hydrogens (tertiary/aromatic N) is 1. The van der Waals surface area contributed by atoms with E-state index in [9.17, 15) is 4.79 Å². The molecule has 1 saturated heterocycles. The summed E-state index contributed by atoms with van der Waals surface area (Å²) in [5.41, 5.74) is 1.06. The lowest BCUT2D eigenvalue weighted by Gasteiger charge is -2.23. The molecule has 3 nitrogen and oxygen atoms in total. The summed E-state index contributed by atoms with van der Waals surface area (Å²) in [6, 6.07) is 0. The van der Waals surface area contributed by atoms with E-state index >= 15 is 0 Å². The zero-order valence-corrected chi connectivity index (χ0v) is 10.2. The number of hydrogen-bond donors (Lipinski definition) is 1. The third-order valence-electron chi connectivity index (χ3n) is 2.90. The molecule has 2 rings (SSSR count). The van der Waals surface area contributed by atoms with E-state index in [-0.39, 0.29) is 11.4 Å². The molecule has 0 bridgehead atoms. The average Bonchev–Trinajstić information content (AvgIpc) is 2.58. The molecule has 4 heteroatoms. The number of thiazole rings is 1. The van der Waals surface area contributed by atoms with E-state index in [1.54, 1.807) is 11.3 Å². The highest BCUT2D eigenvalue weighted by Crippen LogP contribution is 2.28. The Morgan fingerprint density at radius 3 is 2.73 bits per heavy atom. The highest BCUT2D eigenvalue weighted by molar-refractivity contribution is 7.11. The zero-order chi connectivity index (χ0) is 11.1. The standard InChI is InChI=1S/C11H16N2OS/c1-7-9(15-8(2)12-7)6-11(3)5-4-10(14)13-11/h4-6H2,1-3H3,(H,13,14). The van der Waals surface area contributed by atoms with Gasteiger partial charge in [0.05, 0.1) is 10.7 Å². The number of aryl methyl sites for hydroxylation is 2.